The molecule has 1 N–H and O–H groups in total. The Labute approximate surface area is 164 Å². The molecule has 3 rings (SSSR count). The average Bonchev–Trinajstić information content (AvgIpc) is 2.68. The number of amides is 3. The molecule has 0 aromatic heterocycles. The lowest BCUT2D eigenvalue weighted by Gasteiger charge is -2.37. The molecule has 0 unspecified atom stereocenters. The molecule has 146 valence electrons. The number of benzene rings is 1. The number of carbonyl (C=O) groups excluding carboxylic acids is 3. The number of urea groups is 1. The normalized spacial score (nSPS) is 19.0. The number of anilines is 1. The van der Waals surface area contributed by atoms with Crippen LogP contribution in [0, 0.1) is 0 Å². The van der Waals surface area contributed by atoms with Gasteiger partial charge < -0.3 is 20.0 Å². The van der Waals surface area contributed by atoms with Gasteiger partial charge in [0.2, 0.25) is 5.91 Å². The number of nitrogens with zero attached hydrogens (tertiary/aromatic N) is 3. The molecule has 0 aliphatic carbocycles. The largest absolute Gasteiger partial charge is 0.368 e. The SMILES string of the molecule is C[C@@H](NC(=O)N1CCN(c2cccc(Cl)c2)CC1)C(=O)N1CCC(=O)CC1. The highest BCUT2D eigenvalue weighted by Gasteiger charge is 2.28. The number of Topliss-reactive ketones (excluding diaryl/α,β-unsaturated/α-hetero) is 1. The highest BCUT2D eigenvalue weighted by molar-refractivity contribution is 6.30. The van der Waals surface area contributed by atoms with E-state index in [9.17, 15) is 14.4 Å². The number of piperidine rings is 1. The van der Waals surface area contributed by atoms with E-state index in [4.69, 9.17) is 11.6 Å². The minimum atomic E-state index is -0.600. The Morgan fingerprint density at radius 1 is 1.04 bits per heavy atom. The lowest BCUT2D eigenvalue weighted by atomic mass is 10.1. The van der Waals surface area contributed by atoms with Gasteiger partial charge in [-0.05, 0) is 25.1 Å². The summed E-state index contributed by atoms with van der Waals surface area (Å²) in [5.74, 6) is 0.0572. The molecule has 0 saturated carbocycles. The number of hydrogen-bond donors (Lipinski definition) is 1. The quantitative estimate of drug-likeness (QED) is 0.850. The molecule has 2 aliphatic heterocycles. The number of carbonyl (C=O) groups is 3. The molecule has 0 radical (unpaired) electrons. The monoisotopic (exact) mass is 392 g/mol. The van der Waals surface area contributed by atoms with Gasteiger partial charge in [-0.15, -0.1) is 0 Å². The second-order valence-corrected chi connectivity index (χ2v) is 7.43. The van der Waals surface area contributed by atoms with Gasteiger partial charge in [-0.3, -0.25) is 9.59 Å². The summed E-state index contributed by atoms with van der Waals surface area (Å²) < 4.78 is 0. The fourth-order valence-corrected chi connectivity index (χ4v) is 3.61. The molecule has 2 aliphatic rings. The molecule has 8 heteroatoms. The minimum Gasteiger partial charge on any atom is -0.368 e. The summed E-state index contributed by atoms with van der Waals surface area (Å²) in [5.41, 5.74) is 1.05. The number of likely N-dealkylation sites (tertiary alicyclic amines) is 1. The maximum absolute atomic E-state index is 12.5. The van der Waals surface area contributed by atoms with E-state index in [0.717, 1.165) is 5.69 Å². The molecule has 7 nitrogen and oxygen atoms in total. The number of hydrogen-bond acceptors (Lipinski definition) is 4. The van der Waals surface area contributed by atoms with Gasteiger partial charge in [0.05, 0.1) is 0 Å². The van der Waals surface area contributed by atoms with Crippen molar-refractivity contribution in [2.24, 2.45) is 0 Å². The second kappa shape index (κ2) is 8.61. The third-order valence-corrected chi connectivity index (χ3v) is 5.32. The Morgan fingerprint density at radius 2 is 1.70 bits per heavy atom. The standard InChI is InChI=1S/C19H25ClN4O3/c1-14(18(26)23-7-5-17(25)6-8-23)21-19(27)24-11-9-22(10-12-24)16-4-2-3-15(20)13-16/h2-4,13-14H,5-12H2,1H3,(H,21,27)/t14-/m1/s1. The first-order valence-corrected chi connectivity index (χ1v) is 9.68. The zero-order valence-electron chi connectivity index (χ0n) is 15.5. The van der Waals surface area contributed by atoms with Crippen LogP contribution in [0.15, 0.2) is 24.3 Å². The van der Waals surface area contributed by atoms with Crippen molar-refractivity contribution >= 4 is 35.0 Å². The third-order valence-electron chi connectivity index (χ3n) is 5.08. The van der Waals surface area contributed by atoms with E-state index in [2.05, 4.69) is 10.2 Å². The van der Waals surface area contributed by atoms with Crippen LogP contribution in [0.25, 0.3) is 0 Å². The van der Waals surface area contributed by atoms with E-state index in [0.29, 0.717) is 57.1 Å². The predicted octanol–water partition coefficient (Wildman–Crippen LogP) is 1.75. The maximum Gasteiger partial charge on any atom is 0.318 e. The van der Waals surface area contributed by atoms with Gasteiger partial charge in [0.25, 0.3) is 0 Å². The van der Waals surface area contributed by atoms with Crippen LogP contribution in [0.2, 0.25) is 5.02 Å². The molecule has 1 aromatic rings. The van der Waals surface area contributed by atoms with Crippen molar-refractivity contribution in [1.29, 1.82) is 0 Å². The molecule has 2 saturated heterocycles. The van der Waals surface area contributed by atoms with Crippen molar-refractivity contribution in [3.8, 4) is 0 Å². The van der Waals surface area contributed by atoms with Gasteiger partial charge in [-0.25, -0.2) is 4.79 Å². The van der Waals surface area contributed by atoms with Crippen molar-refractivity contribution in [2.45, 2.75) is 25.8 Å². The van der Waals surface area contributed by atoms with E-state index in [1.54, 1.807) is 16.7 Å². The fourth-order valence-electron chi connectivity index (χ4n) is 3.43. The second-order valence-electron chi connectivity index (χ2n) is 6.99. The Balaban J connectivity index is 1.47. The molecular weight excluding hydrogens is 368 g/mol. The number of rotatable bonds is 3. The van der Waals surface area contributed by atoms with Crippen LogP contribution >= 0.6 is 11.6 Å². The Kier molecular flexibility index (Phi) is 6.21. The first kappa shape index (κ1) is 19.5. The van der Waals surface area contributed by atoms with Crippen molar-refractivity contribution in [2.75, 3.05) is 44.2 Å². The average molecular weight is 393 g/mol. The van der Waals surface area contributed by atoms with Crippen molar-refractivity contribution in [1.82, 2.24) is 15.1 Å². The Bertz CT molecular complexity index is 709. The van der Waals surface area contributed by atoms with Crippen LogP contribution in [0.4, 0.5) is 10.5 Å². The molecule has 1 atom stereocenters. The molecule has 0 bridgehead atoms. The van der Waals surface area contributed by atoms with Gasteiger partial charge in [-0.1, -0.05) is 17.7 Å². The molecule has 27 heavy (non-hydrogen) atoms. The van der Waals surface area contributed by atoms with Crippen molar-refractivity contribution in [3.63, 3.8) is 0 Å². The molecule has 3 amide bonds. The highest BCUT2D eigenvalue weighted by Crippen LogP contribution is 2.20. The summed E-state index contributed by atoms with van der Waals surface area (Å²) in [5, 5.41) is 3.49. The third kappa shape index (κ3) is 4.91. The van der Waals surface area contributed by atoms with Crippen LogP contribution in [0.3, 0.4) is 0 Å². The van der Waals surface area contributed by atoms with Gasteiger partial charge in [0.15, 0.2) is 0 Å². The maximum atomic E-state index is 12.5. The van der Waals surface area contributed by atoms with E-state index in [-0.39, 0.29) is 17.7 Å². The highest BCUT2D eigenvalue weighted by atomic mass is 35.5. The number of nitrogens with one attached hydrogen (secondary N) is 1. The first-order valence-electron chi connectivity index (χ1n) is 9.30. The summed E-state index contributed by atoms with van der Waals surface area (Å²) in [6.45, 7) is 5.16. The fraction of sp³-hybridized carbons (Fsp3) is 0.526. The summed E-state index contributed by atoms with van der Waals surface area (Å²) in [7, 11) is 0. The summed E-state index contributed by atoms with van der Waals surface area (Å²) in [6, 6.07) is 6.85. The molecule has 1 aromatic carbocycles. The lowest BCUT2D eigenvalue weighted by molar-refractivity contribution is -0.135. The number of ketones is 1. The lowest BCUT2D eigenvalue weighted by Crippen LogP contribution is -2.56. The van der Waals surface area contributed by atoms with Gasteiger partial charge in [0, 0.05) is 62.8 Å². The topological polar surface area (TPSA) is 73.0 Å². The Morgan fingerprint density at radius 3 is 2.33 bits per heavy atom. The molecule has 2 fully saturated rings. The van der Waals surface area contributed by atoms with Crippen molar-refractivity contribution < 1.29 is 14.4 Å². The molecule has 2 heterocycles. The van der Waals surface area contributed by atoms with Gasteiger partial charge in [-0.2, -0.15) is 0 Å². The summed E-state index contributed by atoms with van der Waals surface area (Å²) in [6.07, 6.45) is 0.801. The Hall–Kier alpha value is -2.28. The van der Waals surface area contributed by atoms with Gasteiger partial charge >= 0.3 is 6.03 Å². The van der Waals surface area contributed by atoms with Crippen LogP contribution in [0.5, 0.6) is 0 Å². The first-order chi connectivity index (χ1) is 12.9. The molecule has 0 spiro atoms. The zero-order valence-corrected chi connectivity index (χ0v) is 16.2. The van der Waals surface area contributed by atoms with E-state index >= 15 is 0 Å². The van der Waals surface area contributed by atoms with Crippen LogP contribution in [-0.4, -0.2) is 72.8 Å². The van der Waals surface area contributed by atoms with E-state index < -0.39 is 6.04 Å². The smallest absolute Gasteiger partial charge is 0.318 e. The summed E-state index contributed by atoms with van der Waals surface area (Å²) in [4.78, 5) is 41.8. The predicted molar refractivity (Wildman–Crippen MR) is 104 cm³/mol. The number of piperazine rings is 1. The van der Waals surface area contributed by atoms with Crippen LogP contribution in [0.1, 0.15) is 19.8 Å². The minimum absolute atomic E-state index is 0.131. The zero-order chi connectivity index (χ0) is 19.4. The molecular formula is C19H25ClN4O3. The van der Waals surface area contributed by atoms with Crippen LogP contribution < -0.4 is 10.2 Å². The van der Waals surface area contributed by atoms with Crippen molar-refractivity contribution in [3.05, 3.63) is 29.3 Å². The van der Waals surface area contributed by atoms with E-state index in [1.807, 2.05) is 24.3 Å². The van der Waals surface area contributed by atoms with Crippen LogP contribution in [-0.2, 0) is 9.59 Å². The summed E-state index contributed by atoms with van der Waals surface area (Å²) >= 11 is 6.05. The van der Waals surface area contributed by atoms with E-state index in [1.165, 1.54) is 0 Å². The number of halogens is 1. The van der Waals surface area contributed by atoms with Gasteiger partial charge in [0.1, 0.15) is 11.8 Å².